The minimum Gasteiger partial charge on any atom is -0.374 e. The molecule has 1 aromatic carbocycles. The van der Waals surface area contributed by atoms with Crippen molar-refractivity contribution in [2.45, 2.75) is 37.4 Å². The summed E-state index contributed by atoms with van der Waals surface area (Å²) in [6.45, 7) is 0. The summed E-state index contributed by atoms with van der Waals surface area (Å²) in [6.07, 6.45) is 4.53. The third kappa shape index (κ3) is 2.16. The van der Waals surface area contributed by atoms with Crippen LogP contribution in [0.4, 0.5) is 0 Å². The number of ether oxygens (including phenoxy) is 1. The Hall–Kier alpha value is -0.710. The maximum Gasteiger partial charge on any atom is 0.0990 e. The van der Waals surface area contributed by atoms with Gasteiger partial charge in [-0.15, -0.1) is 11.3 Å². The third-order valence-electron chi connectivity index (χ3n) is 4.07. The standard InChI is InChI=1S/C15H14BrNOS/c16-10-3-1-2-9(6-10)13-8-19-15(17-13)12-7-11-4-5-14(12)18-11/h1-3,6,8,11-12,14H,4-5,7H2. The van der Waals surface area contributed by atoms with Crippen molar-refractivity contribution < 1.29 is 4.74 Å². The fourth-order valence-electron chi connectivity index (χ4n) is 3.14. The average Bonchev–Trinajstić information content (AvgIpc) is 3.14. The molecule has 2 fully saturated rings. The van der Waals surface area contributed by atoms with Crippen molar-refractivity contribution in [1.82, 2.24) is 4.98 Å². The minimum atomic E-state index is 0.423. The molecule has 0 amide bonds. The van der Waals surface area contributed by atoms with Gasteiger partial charge in [-0.3, -0.25) is 0 Å². The number of thiazole rings is 1. The number of nitrogens with zero attached hydrogens (tertiary/aromatic N) is 1. The highest BCUT2D eigenvalue weighted by Gasteiger charge is 2.42. The van der Waals surface area contributed by atoms with Crippen molar-refractivity contribution in [3.63, 3.8) is 0 Å². The molecule has 0 aliphatic carbocycles. The SMILES string of the molecule is Brc1cccc(-c2csc(C3CC4CCC3O4)n2)c1. The lowest BCUT2D eigenvalue weighted by Crippen LogP contribution is -2.13. The summed E-state index contributed by atoms with van der Waals surface area (Å²) in [5.41, 5.74) is 2.27. The number of benzene rings is 1. The number of aromatic nitrogens is 1. The number of rotatable bonds is 2. The lowest BCUT2D eigenvalue weighted by atomic mass is 9.90. The molecule has 0 N–H and O–H groups in total. The van der Waals surface area contributed by atoms with E-state index in [0.717, 1.165) is 16.6 Å². The van der Waals surface area contributed by atoms with Crippen molar-refractivity contribution >= 4 is 27.3 Å². The first-order chi connectivity index (χ1) is 9.29. The summed E-state index contributed by atoms with van der Waals surface area (Å²) in [4.78, 5) is 4.84. The second-order valence-corrected chi connectivity index (χ2v) is 7.10. The van der Waals surface area contributed by atoms with Gasteiger partial charge in [0.05, 0.1) is 22.9 Å². The van der Waals surface area contributed by atoms with Crippen LogP contribution in [0.2, 0.25) is 0 Å². The van der Waals surface area contributed by atoms with Gasteiger partial charge in [-0.1, -0.05) is 28.1 Å². The third-order valence-corrected chi connectivity index (χ3v) is 5.54. The maximum atomic E-state index is 5.93. The monoisotopic (exact) mass is 335 g/mol. The Bertz CT molecular complexity index is 612. The number of hydrogen-bond donors (Lipinski definition) is 0. The van der Waals surface area contributed by atoms with E-state index in [-0.39, 0.29) is 0 Å². The molecule has 2 aliphatic rings. The van der Waals surface area contributed by atoms with E-state index in [1.165, 1.54) is 23.4 Å². The molecule has 4 heteroatoms. The minimum absolute atomic E-state index is 0.423. The van der Waals surface area contributed by atoms with Crippen molar-refractivity contribution in [1.29, 1.82) is 0 Å². The van der Waals surface area contributed by atoms with Gasteiger partial charge < -0.3 is 4.74 Å². The largest absolute Gasteiger partial charge is 0.374 e. The predicted octanol–water partition coefficient (Wildman–Crippen LogP) is 4.61. The van der Waals surface area contributed by atoms with Crippen molar-refractivity contribution in [2.24, 2.45) is 0 Å². The summed E-state index contributed by atoms with van der Waals surface area (Å²) in [6, 6.07) is 8.33. The second kappa shape index (κ2) is 4.69. The quantitative estimate of drug-likeness (QED) is 0.799. The Morgan fingerprint density at radius 2 is 2.26 bits per heavy atom. The van der Waals surface area contributed by atoms with Crippen LogP contribution in [0.15, 0.2) is 34.1 Å². The first-order valence-electron chi connectivity index (χ1n) is 6.66. The van der Waals surface area contributed by atoms with Crippen LogP contribution in [0.3, 0.4) is 0 Å². The molecule has 1 aromatic heterocycles. The second-order valence-electron chi connectivity index (χ2n) is 5.30. The van der Waals surface area contributed by atoms with Gasteiger partial charge in [0, 0.05) is 21.3 Å². The molecule has 0 spiro atoms. The molecule has 2 nitrogen and oxygen atoms in total. The van der Waals surface area contributed by atoms with Crippen molar-refractivity contribution in [3.05, 3.63) is 39.1 Å². The highest BCUT2D eigenvalue weighted by molar-refractivity contribution is 9.10. The van der Waals surface area contributed by atoms with Crippen LogP contribution >= 0.6 is 27.3 Å². The summed E-state index contributed by atoms with van der Waals surface area (Å²) in [5.74, 6) is 0.532. The van der Waals surface area contributed by atoms with Gasteiger partial charge in [-0.05, 0) is 31.4 Å². The molecule has 0 saturated carbocycles. The van der Waals surface area contributed by atoms with Crippen molar-refractivity contribution in [3.8, 4) is 11.3 Å². The molecule has 2 aliphatic heterocycles. The van der Waals surface area contributed by atoms with Crippen molar-refractivity contribution in [2.75, 3.05) is 0 Å². The topological polar surface area (TPSA) is 22.1 Å². The van der Waals surface area contributed by atoms with E-state index in [1.807, 2.05) is 6.07 Å². The van der Waals surface area contributed by atoms with Crippen LogP contribution in [0.25, 0.3) is 11.3 Å². The van der Waals surface area contributed by atoms with Crippen LogP contribution in [-0.4, -0.2) is 17.2 Å². The zero-order valence-corrected chi connectivity index (χ0v) is 12.8. The Balaban J connectivity index is 1.63. The first-order valence-corrected chi connectivity index (χ1v) is 8.34. The van der Waals surface area contributed by atoms with Gasteiger partial charge in [0.15, 0.2) is 0 Å². The highest BCUT2D eigenvalue weighted by Crippen LogP contribution is 2.45. The van der Waals surface area contributed by atoms with E-state index in [2.05, 4.69) is 39.5 Å². The van der Waals surface area contributed by atoms with Gasteiger partial charge in [-0.2, -0.15) is 0 Å². The zero-order valence-electron chi connectivity index (χ0n) is 10.4. The molecule has 4 rings (SSSR count). The molecule has 3 heterocycles. The molecule has 3 unspecified atom stereocenters. The molecule has 2 aromatic rings. The van der Waals surface area contributed by atoms with E-state index >= 15 is 0 Å². The van der Waals surface area contributed by atoms with E-state index in [9.17, 15) is 0 Å². The Kier molecular flexibility index (Phi) is 2.98. The van der Waals surface area contributed by atoms with Crippen LogP contribution in [0.1, 0.15) is 30.2 Å². The normalized spacial score (nSPS) is 29.0. The Morgan fingerprint density at radius 3 is 3.00 bits per heavy atom. The maximum absolute atomic E-state index is 5.93. The zero-order chi connectivity index (χ0) is 12.8. The molecule has 98 valence electrons. The van der Waals surface area contributed by atoms with E-state index < -0.39 is 0 Å². The predicted molar refractivity (Wildman–Crippen MR) is 80.5 cm³/mol. The fourth-order valence-corrected chi connectivity index (χ4v) is 4.53. The number of halogens is 1. The van der Waals surface area contributed by atoms with E-state index in [1.54, 1.807) is 11.3 Å². The summed E-state index contributed by atoms with van der Waals surface area (Å²) in [7, 11) is 0. The van der Waals surface area contributed by atoms with Crippen LogP contribution in [0, 0.1) is 0 Å². The first kappa shape index (κ1) is 12.1. The van der Waals surface area contributed by atoms with Crippen LogP contribution < -0.4 is 0 Å². The molecule has 0 radical (unpaired) electrons. The van der Waals surface area contributed by atoms with E-state index in [4.69, 9.17) is 9.72 Å². The summed E-state index contributed by atoms with van der Waals surface area (Å²) in [5, 5.41) is 3.42. The molecule has 2 saturated heterocycles. The van der Waals surface area contributed by atoms with Gasteiger partial charge >= 0.3 is 0 Å². The summed E-state index contributed by atoms with van der Waals surface area (Å²) >= 11 is 5.30. The molecule has 2 bridgehead atoms. The van der Waals surface area contributed by atoms with Gasteiger partial charge in [0.25, 0.3) is 0 Å². The lowest BCUT2D eigenvalue weighted by molar-refractivity contribution is 0.101. The Labute approximate surface area is 125 Å². The fraction of sp³-hybridized carbons (Fsp3) is 0.400. The summed E-state index contributed by atoms with van der Waals surface area (Å²) < 4.78 is 7.03. The molecular weight excluding hydrogens is 322 g/mol. The Morgan fingerprint density at radius 1 is 1.32 bits per heavy atom. The smallest absolute Gasteiger partial charge is 0.0990 e. The van der Waals surface area contributed by atoms with Gasteiger partial charge in [-0.25, -0.2) is 4.98 Å². The molecular formula is C15H14BrNOS. The van der Waals surface area contributed by atoms with Crippen LogP contribution in [-0.2, 0) is 4.74 Å². The van der Waals surface area contributed by atoms with E-state index in [0.29, 0.717) is 18.1 Å². The molecule has 19 heavy (non-hydrogen) atoms. The van der Waals surface area contributed by atoms with Gasteiger partial charge in [0.1, 0.15) is 0 Å². The number of hydrogen-bond acceptors (Lipinski definition) is 3. The average molecular weight is 336 g/mol. The van der Waals surface area contributed by atoms with Crippen LogP contribution in [0.5, 0.6) is 0 Å². The lowest BCUT2D eigenvalue weighted by Gasteiger charge is -2.15. The van der Waals surface area contributed by atoms with Gasteiger partial charge in [0.2, 0.25) is 0 Å². The molecule has 3 atom stereocenters. The highest BCUT2D eigenvalue weighted by atomic mass is 79.9. The number of fused-ring (bicyclic) bond motifs is 2.